The first kappa shape index (κ1) is 13.8. The Balaban J connectivity index is 2.18. The van der Waals surface area contributed by atoms with Gasteiger partial charge in [-0.2, -0.15) is 5.10 Å². The normalized spacial score (nSPS) is 11.2. The van der Waals surface area contributed by atoms with E-state index in [1.807, 2.05) is 20.0 Å². The lowest BCUT2D eigenvalue weighted by molar-refractivity contribution is 0.104. The molecule has 2 aromatic rings. The minimum atomic E-state index is -0.137. The topological polar surface area (TPSA) is 34.9 Å². The molecule has 0 spiro atoms. The van der Waals surface area contributed by atoms with Gasteiger partial charge in [-0.25, -0.2) is 0 Å². The van der Waals surface area contributed by atoms with Crippen LogP contribution in [0.5, 0.6) is 0 Å². The molecule has 1 aromatic carbocycles. The number of hydrogen-bond donors (Lipinski definition) is 0. The summed E-state index contributed by atoms with van der Waals surface area (Å²) in [6.07, 6.45) is 3.15. The minimum Gasteiger partial charge on any atom is -0.289 e. The molecular formula is C14H12Cl2N2O. The largest absolute Gasteiger partial charge is 0.289 e. The highest BCUT2D eigenvalue weighted by Gasteiger charge is 2.05. The van der Waals surface area contributed by atoms with Crippen LogP contribution in [0.3, 0.4) is 0 Å². The first-order valence-corrected chi connectivity index (χ1v) is 6.41. The lowest BCUT2D eigenvalue weighted by Crippen LogP contribution is -1.94. The SMILES string of the molecule is Cc1cc(/C=C/C(=O)c2ccc(Cl)c(Cl)c2)nn1C. The fourth-order valence-electron chi connectivity index (χ4n) is 1.58. The quantitative estimate of drug-likeness (QED) is 0.635. The van der Waals surface area contributed by atoms with E-state index in [9.17, 15) is 4.79 Å². The maximum absolute atomic E-state index is 12.0. The molecule has 0 atom stereocenters. The Morgan fingerprint density at radius 3 is 2.58 bits per heavy atom. The van der Waals surface area contributed by atoms with Crippen molar-refractivity contribution in [3.05, 3.63) is 57.3 Å². The molecule has 0 aliphatic heterocycles. The molecule has 0 bridgehead atoms. The average Bonchev–Trinajstić information content (AvgIpc) is 2.69. The highest BCUT2D eigenvalue weighted by Crippen LogP contribution is 2.23. The van der Waals surface area contributed by atoms with Crippen LogP contribution in [-0.2, 0) is 7.05 Å². The van der Waals surface area contributed by atoms with Gasteiger partial charge in [0.15, 0.2) is 5.78 Å². The number of ketones is 1. The van der Waals surface area contributed by atoms with E-state index in [1.54, 1.807) is 29.0 Å². The van der Waals surface area contributed by atoms with Crippen LogP contribution in [0.4, 0.5) is 0 Å². The van der Waals surface area contributed by atoms with E-state index in [1.165, 1.54) is 6.08 Å². The summed E-state index contributed by atoms with van der Waals surface area (Å²) in [4.78, 5) is 12.0. The summed E-state index contributed by atoms with van der Waals surface area (Å²) in [5.41, 5.74) is 2.27. The summed E-state index contributed by atoms with van der Waals surface area (Å²) in [5, 5.41) is 5.04. The third kappa shape index (κ3) is 3.25. The third-order valence-corrected chi connectivity index (χ3v) is 3.48. The van der Waals surface area contributed by atoms with E-state index >= 15 is 0 Å². The van der Waals surface area contributed by atoms with Crippen molar-refractivity contribution in [3.63, 3.8) is 0 Å². The van der Waals surface area contributed by atoms with Crippen LogP contribution in [0.1, 0.15) is 21.7 Å². The van der Waals surface area contributed by atoms with Crippen LogP contribution in [0, 0.1) is 6.92 Å². The number of benzene rings is 1. The molecule has 1 aromatic heterocycles. The van der Waals surface area contributed by atoms with Gasteiger partial charge in [0, 0.05) is 18.3 Å². The van der Waals surface area contributed by atoms with Crippen molar-refractivity contribution < 1.29 is 4.79 Å². The van der Waals surface area contributed by atoms with Crippen LogP contribution in [-0.4, -0.2) is 15.6 Å². The van der Waals surface area contributed by atoms with Gasteiger partial charge in [-0.05, 0) is 43.3 Å². The molecule has 0 fully saturated rings. The van der Waals surface area contributed by atoms with Gasteiger partial charge in [0.2, 0.25) is 0 Å². The zero-order valence-corrected chi connectivity index (χ0v) is 12.0. The standard InChI is InChI=1S/C14H12Cl2N2O/c1-9-7-11(17-18(9)2)4-6-14(19)10-3-5-12(15)13(16)8-10/h3-8H,1-2H3/b6-4+. The number of nitrogens with zero attached hydrogens (tertiary/aromatic N) is 2. The molecule has 3 nitrogen and oxygen atoms in total. The molecule has 19 heavy (non-hydrogen) atoms. The van der Waals surface area contributed by atoms with Crippen LogP contribution >= 0.6 is 23.2 Å². The van der Waals surface area contributed by atoms with Crippen molar-refractivity contribution >= 4 is 35.1 Å². The molecule has 0 saturated heterocycles. The van der Waals surface area contributed by atoms with Gasteiger partial charge < -0.3 is 0 Å². The van der Waals surface area contributed by atoms with Crippen molar-refractivity contribution in [1.29, 1.82) is 0 Å². The van der Waals surface area contributed by atoms with Gasteiger partial charge in [-0.3, -0.25) is 9.48 Å². The van der Waals surface area contributed by atoms with E-state index in [4.69, 9.17) is 23.2 Å². The maximum atomic E-state index is 12.0. The Labute approximate surface area is 121 Å². The van der Waals surface area contributed by atoms with Crippen molar-refractivity contribution in [3.8, 4) is 0 Å². The summed E-state index contributed by atoms with van der Waals surface area (Å²) in [5.74, 6) is -0.137. The second-order valence-electron chi connectivity index (χ2n) is 4.16. The smallest absolute Gasteiger partial charge is 0.185 e. The molecular weight excluding hydrogens is 283 g/mol. The van der Waals surface area contributed by atoms with Gasteiger partial charge in [-0.15, -0.1) is 0 Å². The van der Waals surface area contributed by atoms with Crippen molar-refractivity contribution in [2.45, 2.75) is 6.92 Å². The van der Waals surface area contributed by atoms with Crippen molar-refractivity contribution in [2.75, 3.05) is 0 Å². The predicted molar refractivity (Wildman–Crippen MR) is 77.8 cm³/mol. The Morgan fingerprint density at radius 1 is 1.26 bits per heavy atom. The lowest BCUT2D eigenvalue weighted by atomic mass is 10.1. The number of aryl methyl sites for hydroxylation is 2. The molecule has 0 aliphatic carbocycles. The van der Waals surface area contributed by atoms with E-state index in [2.05, 4.69) is 5.10 Å². The minimum absolute atomic E-state index is 0.137. The molecule has 98 valence electrons. The second-order valence-corrected chi connectivity index (χ2v) is 4.98. The average molecular weight is 295 g/mol. The Morgan fingerprint density at radius 2 is 2.00 bits per heavy atom. The molecule has 5 heteroatoms. The summed E-state index contributed by atoms with van der Waals surface area (Å²) in [6.45, 7) is 1.95. The third-order valence-electron chi connectivity index (χ3n) is 2.74. The highest BCUT2D eigenvalue weighted by atomic mass is 35.5. The number of allylic oxidation sites excluding steroid dienone is 1. The monoisotopic (exact) mass is 294 g/mol. The van der Waals surface area contributed by atoms with Crippen LogP contribution in [0.25, 0.3) is 6.08 Å². The fourth-order valence-corrected chi connectivity index (χ4v) is 1.87. The first-order chi connectivity index (χ1) is 8.97. The number of halogens is 2. The molecule has 0 amide bonds. The van der Waals surface area contributed by atoms with E-state index in [-0.39, 0.29) is 5.78 Å². The number of carbonyl (C=O) groups excluding carboxylic acids is 1. The van der Waals surface area contributed by atoms with Gasteiger partial charge >= 0.3 is 0 Å². The maximum Gasteiger partial charge on any atom is 0.185 e. The Kier molecular flexibility index (Phi) is 4.08. The van der Waals surface area contributed by atoms with Crippen molar-refractivity contribution in [1.82, 2.24) is 9.78 Å². The molecule has 0 saturated carbocycles. The lowest BCUT2D eigenvalue weighted by Gasteiger charge is -1.98. The summed E-state index contributed by atoms with van der Waals surface area (Å²) in [6, 6.07) is 6.71. The first-order valence-electron chi connectivity index (χ1n) is 5.65. The Bertz CT molecular complexity index is 640. The zero-order valence-electron chi connectivity index (χ0n) is 10.5. The van der Waals surface area contributed by atoms with Crippen LogP contribution in [0.2, 0.25) is 10.0 Å². The second kappa shape index (κ2) is 5.59. The Hall–Kier alpha value is -1.58. The molecule has 2 rings (SSSR count). The van der Waals surface area contributed by atoms with Gasteiger partial charge in [-0.1, -0.05) is 23.2 Å². The molecule has 0 N–H and O–H groups in total. The summed E-state index contributed by atoms with van der Waals surface area (Å²) < 4.78 is 1.75. The predicted octanol–water partition coefficient (Wildman–Crippen LogP) is 3.93. The van der Waals surface area contributed by atoms with E-state index < -0.39 is 0 Å². The fraction of sp³-hybridized carbons (Fsp3) is 0.143. The van der Waals surface area contributed by atoms with Gasteiger partial charge in [0.25, 0.3) is 0 Å². The summed E-state index contributed by atoms with van der Waals surface area (Å²) in [7, 11) is 1.85. The molecule has 1 heterocycles. The highest BCUT2D eigenvalue weighted by molar-refractivity contribution is 6.42. The zero-order chi connectivity index (χ0) is 14.0. The van der Waals surface area contributed by atoms with Gasteiger partial charge in [0.05, 0.1) is 15.7 Å². The van der Waals surface area contributed by atoms with E-state index in [0.717, 1.165) is 11.4 Å². The van der Waals surface area contributed by atoms with Crippen LogP contribution < -0.4 is 0 Å². The summed E-state index contributed by atoms with van der Waals surface area (Å²) >= 11 is 11.7. The molecule has 0 aliphatic rings. The molecule has 0 radical (unpaired) electrons. The number of aromatic nitrogens is 2. The van der Waals surface area contributed by atoms with Crippen molar-refractivity contribution in [2.24, 2.45) is 7.05 Å². The molecule has 0 unspecified atom stereocenters. The van der Waals surface area contributed by atoms with Gasteiger partial charge in [0.1, 0.15) is 0 Å². The van der Waals surface area contributed by atoms with Crippen LogP contribution in [0.15, 0.2) is 30.3 Å². The number of carbonyl (C=O) groups is 1. The number of rotatable bonds is 3. The van der Waals surface area contributed by atoms with E-state index in [0.29, 0.717) is 15.6 Å². The number of hydrogen-bond acceptors (Lipinski definition) is 2.